The van der Waals surface area contributed by atoms with Crippen molar-refractivity contribution >= 4 is 12.4 Å². The minimum absolute atomic E-state index is 0. The summed E-state index contributed by atoms with van der Waals surface area (Å²) in [7, 11) is 0. The summed E-state index contributed by atoms with van der Waals surface area (Å²) in [6, 6.07) is 4.92. The molecule has 88 valence electrons. The second kappa shape index (κ2) is 4.60. The van der Waals surface area contributed by atoms with Crippen molar-refractivity contribution in [3.8, 4) is 5.75 Å². The minimum Gasteiger partial charge on any atom is -0.493 e. The van der Waals surface area contributed by atoms with Crippen LogP contribution in [0.5, 0.6) is 5.75 Å². The molecule has 0 radical (unpaired) electrons. The van der Waals surface area contributed by atoms with E-state index in [0.717, 1.165) is 31.9 Å². The fourth-order valence-corrected chi connectivity index (χ4v) is 2.48. The lowest BCUT2D eigenvalue weighted by Gasteiger charge is -2.38. The summed E-state index contributed by atoms with van der Waals surface area (Å²) in [5, 5.41) is 3.29. The van der Waals surface area contributed by atoms with E-state index in [4.69, 9.17) is 4.74 Å². The molecule has 0 amide bonds. The summed E-state index contributed by atoms with van der Waals surface area (Å²) in [6.07, 6.45) is 1.06. The van der Waals surface area contributed by atoms with Crippen LogP contribution in [-0.2, 0) is 0 Å². The zero-order valence-electron chi connectivity index (χ0n) is 8.91. The number of halogens is 2. The fourth-order valence-electron chi connectivity index (χ4n) is 2.48. The fraction of sp³-hybridized carbons (Fsp3) is 0.500. The van der Waals surface area contributed by atoms with Crippen LogP contribution in [0.2, 0.25) is 0 Å². The Morgan fingerprint density at radius 2 is 2.12 bits per heavy atom. The standard InChI is InChI=1S/C12H14FNO.ClH/c13-9-1-2-11-10(8-6-14-7-8)3-4-15-12(11)5-9;/h1-2,5,8,10,14H,3-4,6-7H2;1H. The maximum absolute atomic E-state index is 13.0. The first-order valence-corrected chi connectivity index (χ1v) is 5.47. The van der Waals surface area contributed by atoms with E-state index < -0.39 is 0 Å². The van der Waals surface area contributed by atoms with E-state index in [2.05, 4.69) is 5.32 Å². The van der Waals surface area contributed by atoms with Gasteiger partial charge in [0.1, 0.15) is 11.6 Å². The number of nitrogens with one attached hydrogen (secondary N) is 1. The Balaban J connectivity index is 0.000000963. The summed E-state index contributed by atoms with van der Waals surface area (Å²) in [5.41, 5.74) is 1.19. The van der Waals surface area contributed by atoms with E-state index >= 15 is 0 Å². The van der Waals surface area contributed by atoms with Gasteiger partial charge >= 0.3 is 0 Å². The molecule has 1 aromatic rings. The van der Waals surface area contributed by atoms with Gasteiger partial charge in [0.15, 0.2) is 0 Å². The van der Waals surface area contributed by atoms with Crippen LogP contribution >= 0.6 is 12.4 Å². The molecule has 1 saturated heterocycles. The highest BCUT2D eigenvalue weighted by Gasteiger charge is 2.32. The first kappa shape index (κ1) is 11.7. The van der Waals surface area contributed by atoms with Gasteiger partial charge in [-0.2, -0.15) is 0 Å². The molecule has 0 saturated carbocycles. The summed E-state index contributed by atoms with van der Waals surface area (Å²) in [4.78, 5) is 0. The number of hydrogen-bond donors (Lipinski definition) is 1. The summed E-state index contributed by atoms with van der Waals surface area (Å²) < 4.78 is 18.5. The Morgan fingerprint density at radius 1 is 1.31 bits per heavy atom. The molecule has 4 heteroatoms. The number of hydrogen-bond acceptors (Lipinski definition) is 2. The maximum atomic E-state index is 13.0. The Hall–Kier alpha value is -0.800. The van der Waals surface area contributed by atoms with Gasteiger partial charge in [0, 0.05) is 6.07 Å². The molecular formula is C12H15ClFNO. The van der Waals surface area contributed by atoms with Crippen LogP contribution in [0.1, 0.15) is 17.9 Å². The van der Waals surface area contributed by atoms with Gasteiger partial charge in [-0.15, -0.1) is 12.4 Å². The first-order valence-electron chi connectivity index (χ1n) is 5.47. The zero-order valence-corrected chi connectivity index (χ0v) is 9.73. The molecule has 1 unspecified atom stereocenters. The molecule has 0 spiro atoms. The van der Waals surface area contributed by atoms with Gasteiger partial charge < -0.3 is 10.1 Å². The number of fused-ring (bicyclic) bond motifs is 1. The average Bonchev–Trinajstić information content (AvgIpc) is 2.15. The van der Waals surface area contributed by atoms with E-state index in [9.17, 15) is 4.39 Å². The van der Waals surface area contributed by atoms with Gasteiger partial charge in [-0.3, -0.25) is 0 Å². The molecule has 0 aliphatic carbocycles. The van der Waals surface area contributed by atoms with Crippen molar-refractivity contribution in [1.29, 1.82) is 0 Å². The van der Waals surface area contributed by atoms with Gasteiger partial charge in [-0.25, -0.2) is 4.39 Å². The highest BCUT2D eigenvalue weighted by molar-refractivity contribution is 5.85. The van der Waals surface area contributed by atoms with E-state index in [1.54, 1.807) is 0 Å². The molecule has 2 aliphatic rings. The van der Waals surface area contributed by atoms with Gasteiger partial charge in [0.2, 0.25) is 0 Å². The molecule has 2 heterocycles. The Labute approximate surface area is 101 Å². The summed E-state index contributed by atoms with van der Waals surface area (Å²) in [5.74, 6) is 1.80. The van der Waals surface area contributed by atoms with E-state index in [1.807, 2.05) is 6.07 Å². The predicted octanol–water partition coefficient (Wildman–Crippen LogP) is 2.33. The molecule has 1 atom stereocenters. The van der Waals surface area contributed by atoms with Gasteiger partial charge in [-0.05, 0) is 43.0 Å². The molecular weight excluding hydrogens is 229 g/mol. The van der Waals surface area contributed by atoms with Crippen LogP contribution in [0.4, 0.5) is 4.39 Å². The van der Waals surface area contributed by atoms with Crippen molar-refractivity contribution in [2.75, 3.05) is 19.7 Å². The van der Waals surface area contributed by atoms with E-state index in [-0.39, 0.29) is 18.2 Å². The topological polar surface area (TPSA) is 21.3 Å². The second-order valence-electron chi connectivity index (χ2n) is 4.34. The molecule has 1 fully saturated rings. The van der Waals surface area contributed by atoms with Gasteiger partial charge in [0.05, 0.1) is 6.61 Å². The van der Waals surface area contributed by atoms with Crippen molar-refractivity contribution in [2.45, 2.75) is 12.3 Å². The monoisotopic (exact) mass is 243 g/mol. The Bertz CT molecular complexity index is 381. The van der Waals surface area contributed by atoms with Crippen molar-refractivity contribution < 1.29 is 9.13 Å². The molecule has 3 rings (SSSR count). The van der Waals surface area contributed by atoms with Crippen LogP contribution in [-0.4, -0.2) is 19.7 Å². The largest absolute Gasteiger partial charge is 0.493 e. The smallest absolute Gasteiger partial charge is 0.126 e. The third kappa shape index (κ3) is 1.89. The quantitative estimate of drug-likeness (QED) is 0.818. The molecule has 2 nitrogen and oxygen atoms in total. The molecule has 0 aromatic heterocycles. The number of ether oxygens (including phenoxy) is 1. The van der Waals surface area contributed by atoms with Crippen molar-refractivity contribution in [2.24, 2.45) is 5.92 Å². The molecule has 1 aromatic carbocycles. The molecule has 2 aliphatic heterocycles. The van der Waals surface area contributed by atoms with Crippen molar-refractivity contribution in [3.05, 3.63) is 29.6 Å². The Kier molecular flexibility index (Phi) is 3.36. The minimum atomic E-state index is -0.207. The van der Waals surface area contributed by atoms with Gasteiger partial charge in [0.25, 0.3) is 0 Å². The zero-order chi connectivity index (χ0) is 10.3. The third-order valence-electron chi connectivity index (χ3n) is 3.44. The van der Waals surface area contributed by atoms with Gasteiger partial charge in [-0.1, -0.05) is 6.07 Å². The van der Waals surface area contributed by atoms with Crippen LogP contribution in [0.15, 0.2) is 18.2 Å². The lowest BCUT2D eigenvalue weighted by molar-refractivity contribution is 0.203. The second-order valence-corrected chi connectivity index (χ2v) is 4.34. The number of rotatable bonds is 1. The molecule has 0 bridgehead atoms. The number of benzene rings is 1. The Morgan fingerprint density at radius 3 is 2.81 bits per heavy atom. The molecule has 1 N–H and O–H groups in total. The van der Waals surface area contributed by atoms with Crippen LogP contribution in [0, 0.1) is 11.7 Å². The SMILES string of the molecule is Cl.Fc1ccc2c(c1)OCCC2C1CNC1. The predicted molar refractivity (Wildman–Crippen MR) is 62.9 cm³/mol. The van der Waals surface area contributed by atoms with Crippen LogP contribution in [0.25, 0.3) is 0 Å². The highest BCUT2D eigenvalue weighted by atomic mass is 35.5. The third-order valence-corrected chi connectivity index (χ3v) is 3.44. The van der Waals surface area contributed by atoms with Crippen LogP contribution in [0.3, 0.4) is 0 Å². The normalized spacial score (nSPS) is 23.7. The first-order chi connectivity index (χ1) is 7.34. The summed E-state index contributed by atoms with van der Waals surface area (Å²) >= 11 is 0. The van der Waals surface area contributed by atoms with Crippen LogP contribution < -0.4 is 10.1 Å². The molecule has 16 heavy (non-hydrogen) atoms. The summed E-state index contributed by atoms with van der Waals surface area (Å²) in [6.45, 7) is 2.89. The lowest BCUT2D eigenvalue weighted by atomic mass is 9.79. The van der Waals surface area contributed by atoms with Crippen molar-refractivity contribution in [1.82, 2.24) is 5.32 Å². The van der Waals surface area contributed by atoms with Crippen molar-refractivity contribution in [3.63, 3.8) is 0 Å². The van der Waals surface area contributed by atoms with E-state index in [0.29, 0.717) is 11.8 Å². The lowest BCUT2D eigenvalue weighted by Crippen LogP contribution is -2.46. The highest BCUT2D eigenvalue weighted by Crippen LogP contribution is 2.39. The maximum Gasteiger partial charge on any atom is 0.126 e. The van der Waals surface area contributed by atoms with E-state index in [1.165, 1.54) is 17.7 Å². The average molecular weight is 244 g/mol.